The Kier molecular flexibility index (Phi) is 5.96. The first-order valence-corrected chi connectivity index (χ1v) is 8.77. The van der Waals surface area contributed by atoms with Crippen molar-refractivity contribution in [1.29, 1.82) is 0 Å². The van der Waals surface area contributed by atoms with E-state index in [1.54, 1.807) is 43.5 Å². The summed E-state index contributed by atoms with van der Waals surface area (Å²) in [5.41, 5.74) is 2.08. The lowest BCUT2D eigenvalue weighted by atomic mass is 10.2. The van der Waals surface area contributed by atoms with Gasteiger partial charge in [-0.2, -0.15) is 0 Å². The van der Waals surface area contributed by atoms with Gasteiger partial charge >= 0.3 is 5.97 Å². The second-order valence-corrected chi connectivity index (χ2v) is 5.95. The molecule has 0 aliphatic heterocycles. The Morgan fingerprint density at radius 1 is 0.929 bits per heavy atom. The average Bonchev–Trinajstić information content (AvgIpc) is 2.69. The minimum atomic E-state index is -0.463. The Bertz CT molecular complexity index is 1010. The third-order valence-corrected chi connectivity index (χ3v) is 3.91. The molecule has 0 saturated carbocycles. The monoisotopic (exact) mass is 377 g/mol. The van der Waals surface area contributed by atoms with Crippen molar-refractivity contribution in [2.24, 2.45) is 0 Å². The normalized spacial score (nSPS) is 10.3. The van der Waals surface area contributed by atoms with E-state index in [1.807, 2.05) is 24.3 Å². The molecule has 0 aliphatic carbocycles. The molecule has 3 aromatic rings. The number of rotatable bonds is 6. The highest BCUT2D eigenvalue weighted by molar-refractivity contribution is 6.10. The number of para-hydroxylation sites is 1. The van der Waals surface area contributed by atoms with Gasteiger partial charge in [-0.25, -0.2) is 4.79 Å². The average molecular weight is 377 g/mol. The van der Waals surface area contributed by atoms with Gasteiger partial charge in [0.2, 0.25) is 11.8 Å². The number of ether oxygens (including phenoxy) is 1. The van der Waals surface area contributed by atoms with E-state index in [-0.39, 0.29) is 6.42 Å². The van der Waals surface area contributed by atoms with Gasteiger partial charge in [0.25, 0.3) is 0 Å². The number of carbonyl (C=O) groups excluding carboxylic acids is 3. The molecule has 0 fully saturated rings. The zero-order chi connectivity index (χ0) is 19.9. The summed E-state index contributed by atoms with van der Waals surface area (Å²) in [6.45, 7) is 2.02. The molecule has 0 bridgehead atoms. The number of hydrogen-bond donors (Lipinski definition) is 2. The Balaban J connectivity index is 1.58. The number of carbonyl (C=O) groups is 3. The number of pyridine rings is 1. The molecule has 0 spiro atoms. The first-order chi connectivity index (χ1) is 13.6. The van der Waals surface area contributed by atoms with Crippen LogP contribution in [0.5, 0.6) is 0 Å². The number of hydrogen-bond acceptors (Lipinski definition) is 5. The van der Waals surface area contributed by atoms with Gasteiger partial charge in [-0.15, -0.1) is 0 Å². The lowest BCUT2D eigenvalue weighted by Crippen LogP contribution is -2.21. The van der Waals surface area contributed by atoms with Gasteiger partial charge in [0.1, 0.15) is 6.42 Å². The Morgan fingerprint density at radius 3 is 2.39 bits per heavy atom. The van der Waals surface area contributed by atoms with E-state index in [2.05, 4.69) is 15.6 Å². The van der Waals surface area contributed by atoms with Crippen LogP contribution in [-0.4, -0.2) is 29.4 Å². The maximum Gasteiger partial charge on any atom is 0.338 e. The summed E-state index contributed by atoms with van der Waals surface area (Å²) in [7, 11) is 0. The first kappa shape index (κ1) is 19.0. The second kappa shape index (κ2) is 8.77. The van der Waals surface area contributed by atoms with Crippen molar-refractivity contribution < 1.29 is 19.1 Å². The molecule has 0 unspecified atom stereocenters. The molecule has 2 aromatic carbocycles. The molecule has 7 heteroatoms. The van der Waals surface area contributed by atoms with Crippen molar-refractivity contribution in [3.8, 4) is 0 Å². The van der Waals surface area contributed by atoms with E-state index >= 15 is 0 Å². The molecule has 0 aliphatic rings. The number of nitrogens with one attached hydrogen (secondary N) is 2. The lowest BCUT2D eigenvalue weighted by Gasteiger charge is -2.09. The maximum absolute atomic E-state index is 12.2. The van der Waals surface area contributed by atoms with Crippen LogP contribution in [-0.2, 0) is 14.3 Å². The summed E-state index contributed by atoms with van der Waals surface area (Å²) >= 11 is 0. The Morgan fingerprint density at radius 2 is 1.64 bits per heavy atom. The Hall–Kier alpha value is -3.74. The number of esters is 1. The van der Waals surface area contributed by atoms with Gasteiger partial charge < -0.3 is 15.4 Å². The van der Waals surface area contributed by atoms with Crippen LogP contribution in [0.15, 0.2) is 60.8 Å². The molecule has 142 valence electrons. The van der Waals surface area contributed by atoms with E-state index < -0.39 is 17.8 Å². The van der Waals surface area contributed by atoms with Crippen molar-refractivity contribution in [1.82, 2.24) is 4.98 Å². The lowest BCUT2D eigenvalue weighted by molar-refractivity contribution is -0.123. The summed E-state index contributed by atoms with van der Waals surface area (Å²) in [5, 5.41) is 6.24. The number of fused-ring (bicyclic) bond motifs is 1. The fourth-order valence-corrected chi connectivity index (χ4v) is 2.65. The number of amides is 2. The molecule has 3 rings (SSSR count). The highest BCUT2D eigenvalue weighted by Crippen LogP contribution is 2.20. The van der Waals surface area contributed by atoms with Crippen molar-refractivity contribution in [2.75, 3.05) is 17.2 Å². The molecular weight excluding hydrogens is 358 g/mol. The molecular formula is C21H19N3O4. The van der Waals surface area contributed by atoms with Crippen LogP contribution in [0, 0.1) is 0 Å². The molecule has 7 nitrogen and oxygen atoms in total. The summed E-state index contributed by atoms with van der Waals surface area (Å²) in [4.78, 5) is 40.2. The summed E-state index contributed by atoms with van der Waals surface area (Å²) < 4.78 is 4.90. The zero-order valence-electron chi connectivity index (χ0n) is 15.3. The molecule has 1 aromatic heterocycles. The SMILES string of the molecule is CCOC(=O)c1ccc(NC(=O)CC(=O)Nc2cccc3cccnc23)cc1. The van der Waals surface area contributed by atoms with Crippen LogP contribution >= 0.6 is 0 Å². The fourth-order valence-electron chi connectivity index (χ4n) is 2.65. The van der Waals surface area contributed by atoms with Crippen LogP contribution < -0.4 is 10.6 Å². The predicted octanol–water partition coefficient (Wildman–Crippen LogP) is 3.38. The van der Waals surface area contributed by atoms with Gasteiger partial charge in [0.15, 0.2) is 0 Å². The van der Waals surface area contributed by atoms with Crippen LogP contribution in [0.2, 0.25) is 0 Å². The number of nitrogens with zero attached hydrogens (tertiary/aromatic N) is 1. The predicted molar refractivity (Wildman–Crippen MR) is 106 cm³/mol. The van der Waals surface area contributed by atoms with E-state index in [1.165, 1.54) is 0 Å². The minimum Gasteiger partial charge on any atom is -0.462 e. The van der Waals surface area contributed by atoms with Gasteiger partial charge in [0.05, 0.1) is 23.4 Å². The smallest absolute Gasteiger partial charge is 0.338 e. The second-order valence-electron chi connectivity index (χ2n) is 5.95. The molecule has 0 saturated heterocycles. The minimum absolute atomic E-state index is 0.290. The molecule has 2 N–H and O–H groups in total. The molecule has 1 heterocycles. The van der Waals surface area contributed by atoms with Gasteiger partial charge in [-0.1, -0.05) is 18.2 Å². The number of anilines is 2. The molecule has 0 radical (unpaired) electrons. The van der Waals surface area contributed by atoms with Crippen molar-refractivity contribution in [3.63, 3.8) is 0 Å². The van der Waals surface area contributed by atoms with E-state index in [0.717, 1.165) is 5.39 Å². The largest absolute Gasteiger partial charge is 0.462 e. The summed E-state index contributed by atoms with van der Waals surface area (Å²) in [6.07, 6.45) is 1.30. The van der Waals surface area contributed by atoms with Crippen LogP contribution in [0.4, 0.5) is 11.4 Å². The van der Waals surface area contributed by atoms with Crippen molar-refractivity contribution >= 4 is 40.1 Å². The Labute approximate surface area is 161 Å². The number of benzene rings is 2. The quantitative estimate of drug-likeness (QED) is 0.507. The third kappa shape index (κ3) is 4.70. The summed E-state index contributed by atoms with van der Waals surface area (Å²) in [5.74, 6) is -1.34. The highest BCUT2D eigenvalue weighted by Gasteiger charge is 2.12. The maximum atomic E-state index is 12.2. The standard InChI is InChI=1S/C21H19N3O4/c1-2-28-21(27)15-8-10-16(11-9-15)23-18(25)13-19(26)24-17-7-3-5-14-6-4-12-22-20(14)17/h3-12H,2,13H2,1H3,(H,23,25)(H,24,26). The van der Waals surface area contributed by atoms with Crippen LogP contribution in [0.1, 0.15) is 23.7 Å². The topological polar surface area (TPSA) is 97.4 Å². The fraction of sp³-hybridized carbons (Fsp3) is 0.143. The highest BCUT2D eigenvalue weighted by atomic mass is 16.5. The molecule has 2 amide bonds. The summed E-state index contributed by atoms with van der Waals surface area (Å²) in [6, 6.07) is 15.4. The zero-order valence-corrected chi connectivity index (χ0v) is 15.3. The van der Waals surface area contributed by atoms with Crippen LogP contribution in [0.25, 0.3) is 10.9 Å². The number of aromatic nitrogens is 1. The van der Waals surface area contributed by atoms with E-state index in [4.69, 9.17) is 4.74 Å². The van der Waals surface area contributed by atoms with Crippen LogP contribution in [0.3, 0.4) is 0 Å². The van der Waals surface area contributed by atoms with Gasteiger partial charge in [-0.05, 0) is 43.3 Å². The van der Waals surface area contributed by atoms with E-state index in [9.17, 15) is 14.4 Å². The molecule has 0 atom stereocenters. The van der Waals surface area contributed by atoms with E-state index in [0.29, 0.717) is 29.1 Å². The van der Waals surface area contributed by atoms with Gasteiger partial charge in [0, 0.05) is 17.3 Å². The van der Waals surface area contributed by atoms with Crippen molar-refractivity contribution in [3.05, 3.63) is 66.4 Å². The first-order valence-electron chi connectivity index (χ1n) is 8.77. The molecule has 28 heavy (non-hydrogen) atoms. The third-order valence-electron chi connectivity index (χ3n) is 3.91. The van der Waals surface area contributed by atoms with Crippen molar-refractivity contribution in [2.45, 2.75) is 13.3 Å². The van der Waals surface area contributed by atoms with Gasteiger partial charge in [-0.3, -0.25) is 14.6 Å².